The van der Waals surface area contributed by atoms with Gasteiger partial charge >= 0.3 is 0 Å². The summed E-state index contributed by atoms with van der Waals surface area (Å²) < 4.78 is 25.5. The molecular formula is C11H7ClF2N2O. The van der Waals surface area contributed by atoms with E-state index in [0.717, 1.165) is 12.1 Å². The van der Waals surface area contributed by atoms with Gasteiger partial charge in [0.2, 0.25) is 0 Å². The normalized spacial score (nSPS) is 10.3. The van der Waals surface area contributed by atoms with Crippen LogP contribution >= 0.6 is 11.6 Å². The summed E-state index contributed by atoms with van der Waals surface area (Å²) in [4.78, 5) is 14.2. The smallest absolute Gasteiger partial charge is 0.272 e. The van der Waals surface area contributed by atoms with E-state index in [1.165, 1.54) is 18.3 Å². The van der Waals surface area contributed by atoms with Crippen molar-refractivity contribution >= 4 is 23.2 Å². The number of hydrogen-bond acceptors (Lipinski definition) is 1. The Bertz CT molecular complexity index is 568. The largest absolute Gasteiger partial charge is 0.356 e. The van der Waals surface area contributed by atoms with Crippen LogP contribution in [0, 0.1) is 11.6 Å². The first-order valence-electron chi connectivity index (χ1n) is 4.66. The molecule has 88 valence electrons. The molecule has 1 aromatic carbocycles. The fourth-order valence-corrected chi connectivity index (χ4v) is 1.43. The third kappa shape index (κ3) is 2.62. The van der Waals surface area contributed by atoms with E-state index in [1.807, 2.05) is 0 Å². The molecule has 6 heteroatoms. The lowest BCUT2D eigenvalue weighted by molar-refractivity contribution is 0.102. The van der Waals surface area contributed by atoms with Crippen LogP contribution < -0.4 is 5.32 Å². The minimum atomic E-state index is -1.02. The second-order valence-electron chi connectivity index (χ2n) is 3.31. The Balaban J connectivity index is 2.15. The van der Waals surface area contributed by atoms with Gasteiger partial charge in [0.05, 0.1) is 5.02 Å². The Hall–Kier alpha value is -1.88. The standard InChI is InChI=1S/C11H7ClF2N2O/c12-6-3-10(15-5-6)11(17)16-7-1-2-8(13)9(14)4-7/h1-5,15H,(H,16,17). The number of aromatic amines is 1. The van der Waals surface area contributed by atoms with Gasteiger partial charge in [-0.15, -0.1) is 0 Å². The summed E-state index contributed by atoms with van der Waals surface area (Å²) in [6.45, 7) is 0. The summed E-state index contributed by atoms with van der Waals surface area (Å²) in [5.74, 6) is -2.47. The maximum absolute atomic E-state index is 12.9. The highest BCUT2D eigenvalue weighted by atomic mass is 35.5. The second kappa shape index (κ2) is 4.55. The van der Waals surface area contributed by atoms with Gasteiger partial charge in [0.15, 0.2) is 11.6 Å². The number of aromatic nitrogens is 1. The molecule has 0 spiro atoms. The van der Waals surface area contributed by atoms with Gasteiger partial charge < -0.3 is 10.3 Å². The molecule has 2 rings (SSSR count). The van der Waals surface area contributed by atoms with Crippen molar-refractivity contribution in [2.75, 3.05) is 5.32 Å². The first-order chi connectivity index (χ1) is 8.06. The third-order valence-corrected chi connectivity index (χ3v) is 2.29. The fraction of sp³-hybridized carbons (Fsp3) is 0. The van der Waals surface area contributed by atoms with Gasteiger partial charge in [0.1, 0.15) is 5.69 Å². The molecule has 0 aliphatic rings. The fourth-order valence-electron chi connectivity index (χ4n) is 1.27. The van der Waals surface area contributed by atoms with Crippen LogP contribution in [0.1, 0.15) is 10.5 Å². The number of nitrogens with one attached hydrogen (secondary N) is 2. The van der Waals surface area contributed by atoms with Crippen LogP contribution in [0.15, 0.2) is 30.5 Å². The highest BCUT2D eigenvalue weighted by Gasteiger charge is 2.09. The Kier molecular flexibility index (Phi) is 3.10. The van der Waals surface area contributed by atoms with Crippen LogP contribution in [0.3, 0.4) is 0 Å². The van der Waals surface area contributed by atoms with Crippen molar-refractivity contribution in [3.05, 3.63) is 52.8 Å². The zero-order valence-corrected chi connectivity index (χ0v) is 9.18. The molecule has 17 heavy (non-hydrogen) atoms. The molecule has 1 aromatic heterocycles. The average molecular weight is 257 g/mol. The van der Waals surface area contributed by atoms with Gasteiger partial charge in [-0.2, -0.15) is 0 Å². The minimum Gasteiger partial charge on any atom is -0.356 e. The molecule has 1 amide bonds. The van der Waals surface area contributed by atoms with E-state index in [9.17, 15) is 13.6 Å². The summed E-state index contributed by atoms with van der Waals surface area (Å²) in [5, 5.41) is 2.79. The van der Waals surface area contributed by atoms with Crippen molar-refractivity contribution in [1.82, 2.24) is 4.98 Å². The van der Waals surface area contributed by atoms with Crippen LogP contribution in [0.25, 0.3) is 0 Å². The molecule has 0 fully saturated rings. The number of carbonyl (C=O) groups excluding carboxylic acids is 1. The average Bonchev–Trinajstić information content (AvgIpc) is 2.70. The molecule has 2 N–H and O–H groups in total. The lowest BCUT2D eigenvalue weighted by Crippen LogP contribution is -2.12. The van der Waals surface area contributed by atoms with Gasteiger partial charge in [0.25, 0.3) is 5.91 Å². The number of hydrogen-bond donors (Lipinski definition) is 2. The van der Waals surface area contributed by atoms with Gasteiger partial charge in [-0.1, -0.05) is 11.6 Å². The molecule has 0 aliphatic carbocycles. The number of H-pyrrole nitrogens is 1. The van der Waals surface area contributed by atoms with E-state index in [1.54, 1.807) is 0 Å². The van der Waals surface area contributed by atoms with Crippen LogP contribution in [0.4, 0.5) is 14.5 Å². The van der Waals surface area contributed by atoms with Crippen LogP contribution in [-0.2, 0) is 0 Å². The molecule has 1 heterocycles. The van der Waals surface area contributed by atoms with E-state index < -0.39 is 17.5 Å². The van der Waals surface area contributed by atoms with Gasteiger partial charge in [-0.25, -0.2) is 8.78 Å². The van der Waals surface area contributed by atoms with E-state index in [2.05, 4.69) is 10.3 Å². The summed E-state index contributed by atoms with van der Waals surface area (Å²) in [7, 11) is 0. The Morgan fingerprint density at radius 2 is 2.00 bits per heavy atom. The van der Waals surface area contributed by atoms with Crippen molar-refractivity contribution < 1.29 is 13.6 Å². The van der Waals surface area contributed by atoms with Crippen molar-refractivity contribution in [3.63, 3.8) is 0 Å². The second-order valence-corrected chi connectivity index (χ2v) is 3.75. The molecule has 0 saturated heterocycles. The van der Waals surface area contributed by atoms with Gasteiger partial charge in [-0.3, -0.25) is 4.79 Å². The highest BCUT2D eigenvalue weighted by molar-refractivity contribution is 6.31. The number of benzene rings is 1. The maximum atomic E-state index is 12.9. The monoisotopic (exact) mass is 256 g/mol. The molecule has 0 radical (unpaired) electrons. The number of rotatable bonds is 2. The van der Waals surface area contributed by atoms with Crippen molar-refractivity contribution in [3.8, 4) is 0 Å². The lowest BCUT2D eigenvalue weighted by atomic mass is 10.3. The predicted molar refractivity (Wildman–Crippen MR) is 60.1 cm³/mol. The predicted octanol–water partition coefficient (Wildman–Crippen LogP) is 3.20. The molecular weight excluding hydrogens is 250 g/mol. The quantitative estimate of drug-likeness (QED) is 0.851. The number of amides is 1. The van der Waals surface area contributed by atoms with Crippen LogP contribution in [0.2, 0.25) is 5.02 Å². The highest BCUT2D eigenvalue weighted by Crippen LogP contribution is 2.15. The molecule has 0 bridgehead atoms. The van der Waals surface area contributed by atoms with E-state index >= 15 is 0 Å². The molecule has 0 aliphatic heterocycles. The molecule has 0 atom stereocenters. The Morgan fingerprint density at radius 3 is 2.59 bits per heavy atom. The third-order valence-electron chi connectivity index (χ3n) is 2.07. The Morgan fingerprint density at radius 1 is 1.24 bits per heavy atom. The summed E-state index contributed by atoms with van der Waals surface area (Å²) >= 11 is 5.63. The summed E-state index contributed by atoms with van der Waals surface area (Å²) in [6.07, 6.45) is 1.45. The SMILES string of the molecule is O=C(Nc1ccc(F)c(F)c1)c1cc(Cl)c[nH]1. The Labute approximate surface area is 100 Å². The summed E-state index contributed by atoms with van der Waals surface area (Å²) in [6, 6.07) is 4.53. The van der Waals surface area contributed by atoms with Gasteiger partial charge in [0, 0.05) is 18.0 Å². The van der Waals surface area contributed by atoms with E-state index in [-0.39, 0.29) is 11.4 Å². The van der Waals surface area contributed by atoms with E-state index in [0.29, 0.717) is 5.02 Å². The first-order valence-corrected chi connectivity index (χ1v) is 5.04. The first kappa shape index (κ1) is 11.6. The van der Waals surface area contributed by atoms with Crippen molar-refractivity contribution in [1.29, 1.82) is 0 Å². The minimum absolute atomic E-state index is 0.166. The zero-order valence-electron chi connectivity index (χ0n) is 8.43. The molecule has 0 saturated carbocycles. The number of halogens is 3. The number of carbonyl (C=O) groups is 1. The van der Waals surface area contributed by atoms with Crippen LogP contribution in [-0.4, -0.2) is 10.9 Å². The van der Waals surface area contributed by atoms with Gasteiger partial charge in [-0.05, 0) is 18.2 Å². The lowest BCUT2D eigenvalue weighted by Gasteiger charge is -2.03. The van der Waals surface area contributed by atoms with Crippen molar-refractivity contribution in [2.45, 2.75) is 0 Å². The molecule has 3 nitrogen and oxygen atoms in total. The zero-order chi connectivity index (χ0) is 12.4. The topological polar surface area (TPSA) is 44.9 Å². The molecule has 2 aromatic rings. The van der Waals surface area contributed by atoms with Crippen LogP contribution in [0.5, 0.6) is 0 Å². The van der Waals surface area contributed by atoms with Crippen molar-refractivity contribution in [2.24, 2.45) is 0 Å². The maximum Gasteiger partial charge on any atom is 0.272 e. The van der Waals surface area contributed by atoms with E-state index in [4.69, 9.17) is 11.6 Å². The number of anilines is 1. The summed E-state index contributed by atoms with van der Waals surface area (Å²) in [5.41, 5.74) is 0.402. The molecule has 0 unspecified atom stereocenters.